The Labute approximate surface area is 113 Å². The van der Waals surface area contributed by atoms with Crippen molar-refractivity contribution in [2.24, 2.45) is 11.8 Å². The van der Waals surface area contributed by atoms with E-state index in [-0.39, 0.29) is 0 Å². The summed E-state index contributed by atoms with van der Waals surface area (Å²) in [7, 11) is 0. The van der Waals surface area contributed by atoms with Crippen LogP contribution in [0.1, 0.15) is 38.7 Å². The zero-order chi connectivity index (χ0) is 12.3. The summed E-state index contributed by atoms with van der Waals surface area (Å²) >= 11 is 3.47. The van der Waals surface area contributed by atoms with E-state index >= 15 is 0 Å². The molecule has 1 aromatic rings. The van der Waals surface area contributed by atoms with Crippen LogP contribution in [0.3, 0.4) is 0 Å². The van der Waals surface area contributed by atoms with Gasteiger partial charge in [-0.05, 0) is 48.8 Å². The summed E-state index contributed by atoms with van der Waals surface area (Å²) < 4.78 is 1.15. The first kappa shape index (κ1) is 13.1. The Hall–Kier alpha value is -0.340. The fourth-order valence-electron chi connectivity index (χ4n) is 2.60. The molecule has 17 heavy (non-hydrogen) atoms. The van der Waals surface area contributed by atoms with Gasteiger partial charge in [0.25, 0.3) is 0 Å². The molecule has 1 nitrogen and oxygen atoms in total. The topological polar surface area (TPSA) is 12.0 Å². The van der Waals surface area contributed by atoms with Crippen LogP contribution in [0.15, 0.2) is 28.7 Å². The van der Waals surface area contributed by atoms with E-state index < -0.39 is 0 Å². The highest BCUT2D eigenvalue weighted by atomic mass is 79.9. The summed E-state index contributed by atoms with van der Waals surface area (Å²) in [5.74, 6) is 1.77. The van der Waals surface area contributed by atoms with Crippen LogP contribution in [-0.4, -0.2) is 6.04 Å². The number of nitrogens with one attached hydrogen (secondary N) is 1. The molecule has 0 bridgehead atoms. The zero-order valence-corrected chi connectivity index (χ0v) is 12.3. The van der Waals surface area contributed by atoms with Crippen molar-refractivity contribution in [1.82, 2.24) is 5.32 Å². The van der Waals surface area contributed by atoms with E-state index in [9.17, 15) is 0 Å². The third-order valence-electron chi connectivity index (χ3n) is 4.11. The standard InChI is InChI=1S/C15H22BrN/c1-11-3-8-15(9-12(11)2)17-10-13-4-6-14(16)7-5-13/h4-7,11-12,15,17H,3,8-10H2,1-2H3. The first-order valence-electron chi connectivity index (χ1n) is 6.63. The molecule has 1 aliphatic rings. The molecule has 0 radical (unpaired) electrons. The molecular weight excluding hydrogens is 274 g/mol. The largest absolute Gasteiger partial charge is 0.310 e. The fourth-order valence-corrected chi connectivity index (χ4v) is 2.86. The van der Waals surface area contributed by atoms with E-state index in [4.69, 9.17) is 0 Å². The minimum absolute atomic E-state index is 0.713. The van der Waals surface area contributed by atoms with E-state index in [2.05, 4.69) is 59.4 Å². The highest BCUT2D eigenvalue weighted by Gasteiger charge is 2.23. The highest BCUT2D eigenvalue weighted by Crippen LogP contribution is 2.29. The molecule has 3 unspecified atom stereocenters. The number of hydrogen-bond donors (Lipinski definition) is 1. The van der Waals surface area contributed by atoms with Gasteiger partial charge in [0.15, 0.2) is 0 Å². The smallest absolute Gasteiger partial charge is 0.0208 e. The highest BCUT2D eigenvalue weighted by molar-refractivity contribution is 9.10. The molecule has 0 spiro atoms. The summed E-state index contributed by atoms with van der Waals surface area (Å²) in [6.45, 7) is 5.77. The van der Waals surface area contributed by atoms with Crippen LogP contribution in [0.2, 0.25) is 0 Å². The Morgan fingerprint density at radius 2 is 1.82 bits per heavy atom. The predicted octanol–water partition coefficient (Wildman–Crippen LogP) is 4.36. The minimum Gasteiger partial charge on any atom is -0.310 e. The van der Waals surface area contributed by atoms with Gasteiger partial charge in [-0.15, -0.1) is 0 Å². The maximum atomic E-state index is 3.69. The average molecular weight is 296 g/mol. The molecular formula is C15H22BrN. The molecule has 0 heterocycles. The van der Waals surface area contributed by atoms with Crippen molar-refractivity contribution in [3.63, 3.8) is 0 Å². The Morgan fingerprint density at radius 3 is 2.47 bits per heavy atom. The summed E-state index contributed by atoms with van der Waals surface area (Å²) in [6, 6.07) is 9.31. The normalized spacial score (nSPS) is 29.2. The molecule has 2 heteroatoms. The van der Waals surface area contributed by atoms with E-state index in [0.717, 1.165) is 22.9 Å². The lowest BCUT2D eigenvalue weighted by atomic mass is 9.79. The third-order valence-corrected chi connectivity index (χ3v) is 4.63. The maximum Gasteiger partial charge on any atom is 0.0208 e. The second kappa shape index (κ2) is 6.01. The molecule has 0 amide bonds. The van der Waals surface area contributed by atoms with Gasteiger partial charge in [-0.1, -0.05) is 41.9 Å². The van der Waals surface area contributed by atoms with E-state index in [1.54, 1.807) is 0 Å². The van der Waals surface area contributed by atoms with Crippen molar-refractivity contribution in [3.05, 3.63) is 34.3 Å². The molecule has 1 saturated carbocycles. The average Bonchev–Trinajstić information content (AvgIpc) is 2.33. The van der Waals surface area contributed by atoms with E-state index in [1.165, 1.54) is 24.8 Å². The van der Waals surface area contributed by atoms with Gasteiger partial charge in [0.2, 0.25) is 0 Å². The Bertz CT molecular complexity index is 346. The molecule has 1 N–H and O–H groups in total. The zero-order valence-electron chi connectivity index (χ0n) is 10.7. The fraction of sp³-hybridized carbons (Fsp3) is 0.600. The summed E-state index contributed by atoms with van der Waals surface area (Å²) in [5.41, 5.74) is 1.37. The molecule has 0 aliphatic heterocycles. The van der Waals surface area contributed by atoms with Crippen LogP contribution in [0.25, 0.3) is 0 Å². The van der Waals surface area contributed by atoms with Gasteiger partial charge >= 0.3 is 0 Å². The van der Waals surface area contributed by atoms with E-state index in [1.807, 2.05) is 0 Å². The van der Waals surface area contributed by atoms with Gasteiger partial charge in [0.1, 0.15) is 0 Å². The van der Waals surface area contributed by atoms with Crippen molar-refractivity contribution in [2.45, 2.75) is 45.7 Å². The lowest BCUT2D eigenvalue weighted by Gasteiger charge is -2.32. The van der Waals surface area contributed by atoms with Crippen LogP contribution in [-0.2, 0) is 6.54 Å². The molecule has 1 aromatic carbocycles. The van der Waals surface area contributed by atoms with Crippen molar-refractivity contribution in [2.75, 3.05) is 0 Å². The molecule has 1 aliphatic carbocycles. The first-order valence-corrected chi connectivity index (χ1v) is 7.42. The SMILES string of the molecule is CC1CCC(NCc2ccc(Br)cc2)CC1C. The lowest BCUT2D eigenvalue weighted by molar-refractivity contribution is 0.225. The van der Waals surface area contributed by atoms with Crippen LogP contribution in [0.5, 0.6) is 0 Å². The second-order valence-electron chi connectivity index (χ2n) is 5.47. The molecule has 94 valence electrons. The monoisotopic (exact) mass is 295 g/mol. The first-order chi connectivity index (χ1) is 8.15. The van der Waals surface area contributed by atoms with E-state index in [0.29, 0.717) is 6.04 Å². The molecule has 2 rings (SSSR count). The van der Waals surface area contributed by atoms with Crippen LogP contribution >= 0.6 is 15.9 Å². The van der Waals surface area contributed by atoms with Gasteiger partial charge in [-0.25, -0.2) is 0 Å². The van der Waals surface area contributed by atoms with Crippen LogP contribution < -0.4 is 5.32 Å². The second-order valence-corrected chi connectivity index (χ2v) is 6.39. The Balaban J connectivity index is 1.80. The molecule has 0 aromatic heterocycles. The summed E-state index contributed by atoms with van der Waals surface area (Å²) in [4.78, 5) is 0. The minimum atomic E-state index is 0.713. The number of benzene rings is 1. The van der Waals surface area contributed by atoms with Gasteiger partial charge in [-0.3, -0.25) is 0 Å². The number of halogens is 1. The Morgan fingerprint density at radius 1 is 1.12 bits per heavy atom. The van der Waals surface area contributed by atoms with Crippen LogP contribution in [0.4, 0.5) is 0 Å². The van der Waals surface area contributed by atoms with Gasteiger partial charge < -0.3 is 5.32 Å². The van der Waals surface area contributed by atoms with Crippen LogP contribution in [0, 0.1) is 11.8 Å². The number of hydrogen-bond acceptors (Lipinski definition) is 1. The van der Waals surface area contributed by atoms with Gasteiger partial charge in [-0.2, -0.15) is 0 Å². The molecule has 0 saturated heterocycles. The molecule has 3 atom stereocenters. The van der Waals surface area contributed by atoms with Crippen molar-refractivity contribution < 1.29 is 0 Å². The van der Waals surface area contributed by atoms with Crippen molar-refractivity contribution in [1.29, 1.82) is 0 Å². The Kier molecular flexibility index (Phi) is 4.63. The van der Waals surface area contributed by atoms with Crippen molar-refractivity contribution >= 4 is 15.9 Å². The van der Waals surface area contributed by atoms with Gasteiger partial charge in [0, 0.05) is 17.1 Å². The third kappa shape index (κ3) is 3.82. The molecule has 1 fully saturated rings. The number of rotatable bonds is 3. The van der Waals surface area contributed by atoms with Gasteiger partial charge in [0.05, 0.1) is 0 Å². The summed E-state index contributed by atoms with van der Waals surface area (Å²) in [6.07, 6.45) is 4.04. The maximum absolute atomic E-state index is 3.69. The van der Waals surface area contributed by atoms with Crippen molar-refractivity contribution in [3.8, 4) is 0 Å². The lowest BCUT2D eigenvalue weighted by Crippen LogP contribution is -2.35. The predicted molar refractivity (Wildman–Crippen MR) is 76.9 cm³/mol. The summed E-state index contributed by atoms with van der Waals surface area (Å²) in [5, 5.41) is 3.69. The quantitative estimate of drug-likeness (QED) is 0.873.